The number of rotatable bonds is 3. The lowest BCUT2D eigenvalue weighted by Crippen LogP contribution is -2.13. The molecule has 3 rings (SSSR count). The predicted molar refractivity (Wildman–Crippen MR) is 80.6 cm³/mol. The van der Waals surface area contributed by atoms with Crippen molar-refractivity contribution in [3.05, 3.63) is 41.3 Å². The van der Waals surface area contributed by atoms with E-state index >= 15 is 0 Å². The molecule has 0 aliphatic heterocycles. The van der Waals surface area contributed by atoms with Crippen LogP contribution in [-0.2, 0) is 6.54 Å². The molecular formula is C15H18FN5. The lowest BCUT2D eigenvalue weighted by Gasteiger charge is -2.17. The van der Waals surface area contributed by atoms with E-state index in [9.17, 15) is 4.39 Å². The molecule has 0 bridgehead atoms. The zero-order valence-electron chi connectivity index (χ0n) is 12.3. The summed E-state index contributed by atoms with van der Waals surface area (Å²) >= 11 is 0. The number of imidazole rings is 1. The minimum atomic E-state index is -0.255. The van der Waals surface area contributed by atoms with Gasteiger partial charge in [0.15, 0.2) is 5.65 Å². The highest BCUT2D eigenvalue weighted by atomic mass is 19.1. The lowest BCUT2D eigenvalue weighted by atomic mass is 10.1. The maximum Gasteiger partial charge on any atom is 0.203 e. The molecule has 0 fully saturated rings. The number of aromatic nitrogens is 4. The van der Waals surface area contributed by atoms with E-state index in [4.69, 9.17) is 5.73 Å². The Morgan fingerprint density at radius 3 is 2.81 bits per heavy atom. The van der Waals surface area contributed by atoms with Gasteiger partial charge < -0.3 is 5.73 Å². The fourth-order valence-corrected chi connectivity index (χ4v) is 2.72. The molecule has 0 aliphatic carbocycles. The Balaban J connectivity index is 2.21. The van der Waals surface area contributed by atoms with Crippen LogP contribution in [0.5, 0.6) is 0 Å². The van der Waals surface area contributed by atoms with Crippen molar-refractivity contribution in [1.82, 2.24) is 19.3 Å². The van der Waals surface area contributed by atoms with Gasteiger partial charge in [0.2, 0.25) is 5.95 Å². The molecule has 0 saturated carbocycles. The number of aryl methyl sites for hydroxylation is 2. The van der Waals surface area contributed by atoms with E-state index < -0.39 is 0 Å². The van der Waals surface area contributed by atoms with Crippen molar-refractivity contribution in [2.24, 2.45) is 0 Å². The minimum Gasteiger partial charge on any atom is -0.369 e. The van der Waals surface area contributed by atoms with Crippen LogP contribution < -0.4 is 5.73 Å². The second-order valence-electron chi connectivity index (χ2n) is 5.14. The van der Waals surface area contributed by atoms with E-state index in [1.54, 1.807) is 6.07 Å². The average molecular weight is 287 g/mol. The van der Waals surface area contributed by atoms with E-state index in [2.05, 4.69) is 10.1 Å². The van der Waals surface area contributed by atoms with Crippen LogP contribution in [0.3, 0.4) is 0 Å². The first-order valence-corrected chi connectivity index (χ1v) is 6.99. The maximum atomic E-state index is 13.5. The zero-order chi connectivity index (χ0) is 15.1. The quantitative estimate of drug-likeness (QED) is 0.805. The number of hydrogen-bond acceptors (Lipinski definition) is 3. The molecule has 3 aromatic rings. The van der Waals surface area contributed by atoms with Crippen LogP contribution in [0.4, 0.5) is 10.3 Å². The van der Waals surface area contributed by atoms with Gasteiger partial charge in [0.1, 0.15) is 11.3 Å². The summed E-state index contributed by atoms with van der Waals surface area (Å²) < 4.78 is 17.2. The first kappa shape index (κ1) is 13.6. The summed E-state index contributed by atoms with van der Waals surface area (Å²) in [5.41, 5.74) is 9.47. The topological polar surface area (TPSA) is 61.7 Å². The fourth-order valence-electron chi connectivity index (χ4n) is 2.72. The third kappa shape index (κ3) is 2.07. The molecule has 0 radical (unpaired) electrons. The fraction of sp³-hybridized carbons (Fsp3) is 0.333. The molecule has 0 amide bonds. The molecule has 0 spiro atoms. The van der Waals surface area contributed by atoms with Crippen LogP contribution in [0, 0.1) is 12.7 Å². The molecule has 1 unspecified atom stereocenters. The molecule has 5 nitrogen and oxygen atoms in total. The van der Waals surface area contributed by atoms with Crippen molar-refractivity contribution in [3.8, 4) is 0 Å². The van der Waals surface area contributed by atoms with E-state index in [1.165, 1.54) is 12.1 Å². The summed E-state index contributed by atoms with van der Waals surface area (Å²) in [7, 11) is 0. The van der Waals surface area contributed by atoms with Crippen LogP contribution in [0.1, 0.15) is 31.1 Å². The highest BCUT2D eigenvalue weighted by Gasteiger charge is 2.21. The lowest BCUT2D eigenvalue weighted by molar-refractivity contribution is 0.594. The molecule has 2 N–H and O–H groups in total. The highest BCUT2D eigenvalue weighted by molar-refractivity contribution is 5.78. The van der Waals surface area contributed by atoms with Crippen molar-refractivity contribution in [1.29, 1.82) is 0 Å². The molecule has 0 saturated heterocycles. The smallest absolute Gasteiger partial charge is 0.203 e. The van der Waals surface area contributed by atoms with E-state index in [0.29, 0.717) is 5.95 Å². The molecule has 110 valence electrons. The molecule has 21 heavy (non-hydrogen) atoms. The molecule has 0 aliphatic rings. The SMILES string of the molecule is CCn1nc(C)c2nc(N)n(C(C)c3cccc(F)c3)c21. The summed E-state index contributed by atoms with van der Waals surface area (Å²) in [6, 6.07) is 6.43. The molecule has 2 heterocycles. The summed E-state index contributed by atoms with van der Waals surface area (Å²) in [5.74, 6) is 0.166. The predicted octanol–water partition coefficient (Wildman–Crippen LogP) is 2.89. The maximum absolute atomic E-state index is 13.5. The Morgan fingerprint density at radius 1 is 1.38 bits per heavy atom. The Kier molecular flexibility index (Phi) is 3.16. The van der Waals surface area contributed by atoms with Crippen molar-refractivity contribution in [3.63, 3.8) is 0 Å². The standard InChI is InChI=1S/C15H18FN5/c1-4-20-14-13(9(2)19-20)18-15(17)21(14)10(3)11-6-5-7-12(16)8-11/h5-8,10H,4H2,1-3H3,(H2,17,18). The summed E-state index contributed by atoms with van der Waals surface area (Å²) in [6.07, 6.45) is 0. The van der Waals surface area contributed by atoms with Gasteiger partial charge in [-0.05, 0) is 38.5 Å². The number of nitrogens with zero attached hydrogens (tertiary/aromatic N) is 4. The molecule has 6 heteroatoms. The average Bonchev–Trinajstić information content (AvgIpc) is 2.95. The summed E-state index contributed by atoms with van der Waals surface area (Å²) in [6.45, 7) is 6.64. The van der Waals surface area contributed by atoms with E-state index in [-0.39, 0.29) is 11.9 Å². The van der Waals surface area contributed by atoms with E-state index in [1.807, 2.05) is 36.1 Å². The van der Waals surface area contributed by atoms with Crippen LogP contribution in [0.2, 0.25) is 0 Å². The van der Waals surface area contributed by atoms with E-state index in [0.717, 1.165) is 29.0 Å². The van der Waals surface area contributed by atoms with Gasteiger partial charge in [0.05, 0.1) is 11.7 Å². The number of nitrogen functional groups attached to an aromatic ring is 1. The largest absolute Gasteiger partial charge is 0.369 e. The van der Waals surface area contributed by atoms with Crippen molar-refractivity contribution in [2.75, 3.05) is 5.73 Å². The minimum absolute atomic E-state index is 0.118. The van der Waals surface area contributed by atoms with Gasteiger partial charge in [-0.25, -0.2) is 14.1 Å². The van der Waals surface area contributed by atoms with Gasteiger partial charge in [-0.3, -0.25) is 4.57 Å². The number of fused-ring (bicyclic) bond motifs is 1. The molecule has 1 aromatic carbocycles. The highest BCUT2D eigenvalue weighted by Crippen LogP contribution is 2.29. The second-order valence-corrected chi connectivity index (χ2v) is 5.14. The first-order valence-electron chi connectivity index (χ1n) is 6.99. The summed E-state index contributed by atoms with van der Waals surface area (Å²) in [4.78, 5) is 4.41. The summed E-state index contributed by atoms with van der Waals surface area (Å²) in [5, 5.41) is 4.47. The van der Waals surface area contributed by atoms with Crippen LogP contribution >= 0.6 is 0 Å². The van der Waals surface area contributed by atoms with Crippen molar-refractivity contribution >= 4 is 17.1 Å². The van der Waals surface area contributed by atoms with Gasteiger partial charge >= 0.3 is 0 Å². The van der Waals surface area contributed by atoms with Gasteiger partial charge in [-0.1, -0.05) is 12.1 Å². The van der Waals surface area contributed by atoms with Gasteiger partial charge in [-0.2, -0.15) is 5.10 Å². The van der Waals surface area contributed by atoms with Crippen molar-refractivity contribution in [2.45, 2.75) is 33.4 Å². The number of nitrogens with two attached hydrogens (primary N) is 1. The van der Waals surface area contributed by atoms with Gasteiger partial charge in [-0.15, -0.1) is 0 Å². The Bertz CT molecular complexity index is 802. The normalized spacial score (nSPS) is 13.0. The van der Waals surface area contributed by atoms with Gasteiger partial charge in [0.25, 0.3) is 0 Å². The van der Waals surface area contributed by atoms with Gasteiger partial charge in [0, 0.05) is 6.54 Å². The van der Waals surface area contributed by atoms with Crippen LogP contribution in [0.15, 0.2) is 24.3 Å². The Hall–Kier alpha value is -2.37. The number of hydrogen-bond donors (Lipinski definition) is 1. The Labute approximate surface area is 122 Å². The first-order chi connectivity index (χ1) is 10.0. The molecular weight excluding hydrogens is 269 g/mol. The number of anilines is 1. The zero-order valence-corrected chi connectivity index (χ0v) is 12.3. The number of benzene rings is 1. The second kappa shape index (κ2) is 4.87. The third-order valence-corrected chi connectivity index (χ3v) is 3.79. The van der Waals surface area contributed by atoms with Crippen LogP contribution in [-0.4, -0.2) is 19.3 Å². The monoisotopic (exact) mass is 287 g/mol. The Morgan fingerprint density at radius 2 is 2.14 bits per heavy atom. The third-order valence-electron chi connectivity index (χ3n) is 3.79. The van der Waals surface area contributed by atoms with Crippen LogP contribution in [0.25, 0.3) is 11.2 Å². The number of halogens is 1. The van der Waals surface area contributed by atoms with Crippen molar-refractivity contribution < 1.29 is 4.39 Å². The molecule has 2 aromatic heterocycles. The molecule has 1 atom stereocenters.